The van der Waals surface area contributed by atoms with Crippen LogP contribution in [0.1, 0.15) is 46.1 Å². The fraction of sp³-hybridized carbons (Fsp3) is 0.381. The molecule has 1 fully saturated rings. The number of nitrogens with zero attached hydrogens (tertiary/aromatic N) is 3. The predicted octanol–water partition coefficient (Wildman–Crippen LogP) is 2.52. The number of pyridine rings is 1. The Labute approximate surface area is 157 Å². The van der Waals surface area contributed by atoms with E-state index in [2.05, 4.69) is 39.8 Å². The number of amides is 1. The first kappa shape index (κ1) is 16.4. The van der Waals surface area contributed by atoms with Crippen LogP contribution in [0.25, 0.3) is 5.65 Å². The third kappa shape index (κ3) is 3.10. The minimum atomic E-state index is -0.0404. The number of aromatic nitrogens is 3. The molecule has 1 saturated heterocycles. The zero-order chi connectivity index (χ0) is 18.2. The lowest BCUT2D eigenvalue weighted by atomic mass is 9.99. The van der Waals surface area contributed by atoms with Crippen molar-refractivity contribution in [2.45, 2.75) is 37.6 Å². The van der Waals surface area contributed by atoms with E-state index < -0.39 is 0 Å². The van der Waals surface area contributed by atoms with Gasteiger partial charge < -0.3 is 10.1 Å². The van der Waals surface area contributed by atoms with Gasteiger partial charge in [-0.1, -0.05) is 24.3 Å². The standard InChI is InChI=1S/C21H22N4O2/c26-21(22-18-11-15-3-1-2-4-16(15)12-18)17-5-6-19-23-24-20(25(19)13-17)14-7-9-27-10-8-14/h1-6,13-14,18H,7-12H2,(H,22,26). The van der Waals surface area contributed by atoms with E-state index in [0.717, 1.165) is 50.4 Å². The molecule has 6 heteroatoms. The van der Waals surface area contributed by atoms with E-state index in [1.54, 1.807) is 0 Å². The third-order valence-corrected chi connectivity index (χ3v) is 5.66. The number of carbonyl (C=O) groups is 1. The number of benzene rings is 1. The number of carbonyl (C=O) groups excluding carboxylic acids is 1. The number of ether oxygens (including phenoxy) is 1. The smallest absolute Gasteiger partial charge is 0.253 e. The lowest BCUT2D eigenvalue weighted by Gasteiger charge is -2.20. The Kier molecular flexibility index (Phi) is 4.13. The van der Waals surface area contributed by atoms with Crippen LogP contribution in [0.4, 0.5) is 0 Å². The summed E-state index contributed by atoms with van der Waals surface area (Å²) in [6.45, 7) is 1.50. The molecule has 1 N–H and O–H groups in total. The van der Waals surface area contributed by atoms with Crippen LogP contribution in [0.5, 0.6) is 0 Å². The fourth-order valence-corrected chi connectivity index (χ4v) is 4.21. The predicted molar refractivity (Wildman–Crippen MR) is 101 cm³/mol. The van der Waals surface area contributed by atoms with Gasteiger partial charge in [0.15, 0.2) is 5.65 Å². The van der Waals surface area contributed by atoms with Crippen molar-refractivity contribution in [3.05, 3.63) is 65.1 Å². The van der Waals surface area contributed by atoms with Gasteiger partial charge in [-0.25, -0.2) is 0 Å². The van der Waals surface area contributed by atoms with E-state index in [0.29, 0.717) is 11.5 Å². The number of rotatable bonds is 3. The maximum Gasteiger partial charge on any atom is 0.253 e. The second-order valence-corrected chi connectivity index (χ2v) is 7.44. The van der Waals surface area contributed by atoms with Gasteiger partial charge in [-0.3, -0.25) is 9.20 Å². The van der Waals surface area contributed by atoms with E-state index in [4.69, 9.17) is 4.74 Å². The van der Waals surface area contributed by atoms with E-state index in [9.17, 15) is 4.79 Å². The Hall–Kier alpha value is -2.73. The van der Waals surface area contributed by atoms with Gasteiger partial charge in [0.25, 0.3) is 5.91 Å². The summed E-state index contributed by atoms with van der Waals surface area (Å²) in [5.74, 6) is 1.22. The Morgan fingerprint density at radius 1 is 1.04 bits per heavy atom. The van der Waals surface area contributed by atoms with Crippen LogP contribution < -0.4 is 5.32 Å². The molecule has 1 aliphatic carbocycles. The maximum absolute atomic E-state index is 12.8. The first-order valence-electron chi connectivity index (χ1n) is 9.58. The summed E-state index contributed by atoms with van der Waals surface area (Å²) in [6, 6.07) is 12.3. The minimum Gasteiger partial charge on any atom is -0.381 e. The second kappa shape index (κ2) is 6.78. The van der Waals surface area contributed by atoms with Gasteiger partial charge in [-0.05, 0) is 48.9 Å². The maximum atomic E-state index is 12.8. The van der Waals surface area contributed by atoms with E-state index >= 15 is 0 Å². The van der Waals surface area contributed by atoms with Crippen molar-refractivity contribution in [3.63, 3.8) is 0 Å². The normalized spacial score (nSPS) is 17.9. The van der Waals surface area contributed by atoms with E-state index in [1.807, 2.05) is 22.7 Å². The molecule has 1 aliphatic heterocycles. The zero-order valence-electron chi connectivity index (χ0n) is 15.1. The highest BCUT2D eigenvalue weighted by Gasteiger charge is 2.24. The summed E-state index contributed by atoms with van der Waals surface area (Å²) < 4.78 is 7.42. The van der Waals surface area contributed by atoms with Crippen molar-refractivity contribution >= 4 is 11.6 Å². The minimum absolute atomic E-state index is 0.0404. The Balaban J connectivity index is 1.36. The van der Waals surface area contributed by atoms with Crippen molar-refractivity contribution in [2.24, 2.45) is 0 Å². The fourth-order valence-electron chi connectivity index (χ4n) is 4.21. The van der Waals surface area contributed by atoms with Crippen molar-refractivity contribution in [1.82, 2.24) is 19.9 Å². The molecule has 3 aromatic rings. The highest BCUT2D eigenvalue weighted by molar-refractivity contribution is 5.94. The lowest BCUT2D eigenvalue weighted by molar-refractivity contribution is 0.0833. The molecule has 138 valence electrons. The van der Waals surface area contributed by atoms with Crippen LogP contribution >= 0.6 is 0 Å². The van der Waals surface area contributed by atoms with Crippen LogP contribution in [0.2, 0.25) is 0 Å². The van der Waals surface area contributed by atoms with Crippen LogP contribution in [0, 0.1) is 0 Å². The van der Waals surface area contributed by atoms with Gasteiger partial charge in [0.2, 0.25) is 0 Å². The lowest BCUT2D eigenvalue weighted by Crippen LogP contribution is -2.35. The van der Waals surface area contributed by atoms with Crippen LogP contribution in [0.15, 0.2) is 42.6 Å². The Morgan fingerprint density at radius 3 is 2.52 bits per heavy atom. The molecule has 0 unspecified atom stereocenters. The number of nitrogens with one attached hydrogen (secondary N) is 1. The average molecular weight is 362 g/mol. The van der Waals surface area contributed by atoms with Gasteiger partial charge in [0.05, 0.1) is 5.56 Å². The van der Waals surface area contributed by atoms with Crippen molar-refractivity contribution in [1.29, 1.82) is 0 Å². The largest absolute Gasteiger partial charge is 0.381 e. The molecule has 0 bridgehead atoms. The van der Waals surface area contributed by atoms with Crippen molar-refractivity contribution in [3.8, 4) is 0 Å². The average Bonchev–Trinajstić information content (AvgIpc) is 3.31. The quantitative estimate of drug-likeness (QED) is 0.777. The van der Waals surface area contributed by atoms with E-state index in [1.165, 1.54) is 11.1 Å². The third-order valence-electron chi connectivity index (χ3n) is 5.66. The summed E-state index contributed by atoms with van der Waals surface area (Å²) >= 11 is 0. The molecule has 0 radical (unpaired) electrons. The molecule has 3 heterocycles. The van der Waals surface area contributed by atoms with E-state index in [-0.39, 0.29) is 11.9 Å². The first-order chi connectivity index (χ1) is 13.3. The van der Waals surface area contributed by atoms with Gasteiger partial charge in [0, 0.05) is 31.4 Å². The first-order valence-corrected chi connectivity index (χ1v) is 9.58. The second-order valence-electron chi connectivity index (χ2n) is 7.44. The summed E-state index contributed by atoms with van der Waals surface area (Å²) in [7, 11) is 0. The summed E-state index contributed by atoms with van der Waals surface area (Å²) in [5.41, 5.74) is 4.09. The highest BCUT2D eigenvalue weighted by atomic mass is 16.5. The van der Waals surface area contributed by atoms with Crippen LogP contribution in [0.3, 0.4) is 0 Å². The number of hydrogen-bond acceptors (Lipinski definition) is 4. The molecule has 0 atom stereocenters. The summed E-state index contributed by atoms with van der Waals surface area (Å²) in [5, 5.41) is 11.8. The molecule has 1 amide bonds. The molecule has 0 spiro atoms. The van der Waals surface area contributed by atoms with Crippen LogP contribution in [-0.2, 0) is 17.6 Å². The van der Waals surface area contributed by atoms with Crippen molar-refractivity contribution < 1.29 is 9.53 Å². The summed E-state index contributed by atoms with van der Waals surface area (Å²) in [6.07, 6.45) is 5.54. The molecule has 2 aliphatic rings. The SMILES string of the molecule is O=C(NC1Cc2ccccc2C1)c1ccc2nnc(C3CCOCC3)n2c1. The van der Waals surface area contributed by atoms with Gasteiger partial charge >= 0.3 is 0 Å². The molecular formula is C21H22N4O2. The highest BCUT2D eigenvalue weighted by Crippen LogP contribution is 2.26. The van der Waals surface area contributed by atoms with Gasteiger partial charge in [-0.15, -0.1) is 10.2 Å². The molecule has 27 heavy (non-hydrogen) atoms. The molecule has 6 nitrogen and oxygen atoms in total. The molecular weight excluding hydrogens is 340 g/mol. The molecule has 0 saturated carbocycles. The van der Waals surface area contributed by atoms with Crippen molar-refractivity contribution in [2.75, 3.05) is 13.2 Å². The molecule has 1 aromatic carbocycles. The molecule has 5 rings (SSSR count). The number of fused-ring (bicyclic) bond motifs is 2. The molecule has 2 aromatic heterocycles. The monoisotopic (exact) mass is 362 g/mol. The topological polar surface area (TPSA) is 68.5 Å². The zero-order valence-corrected chi connectivity index (χ0v) is 15.1. The van der Waals surface area contributed by atoms with Crippen LogP contribution in [-0.4, -0.2) is 39.8 Å². The Morgan fingerprint density at radius 2 is 1.78 bits per heavy atom. The summed E-state index contributed by atoms with van der Waals surface area (Å²) in [4.78, 5) is 12.8. The Bertz CT molecular complexity index is 966. The van der Waals surface area contributed by atoms with Gasteiger partial charge in [-0.2, -0.15) is 0 Å². The van der Waals surface area contributed by atoms with Gasteiger partial charge in [0.1, 0.15) is 5.82 Å². The number of hydrogen-bond donors (Lipinski definition) is 1.